The van der Waals surface area contributed by atoms with Crippen molar-refractivity contribution in [1.29, 1.82) is 0 Å². The minimum Gasteiger partial charge on any atom is -0.280 e. The average Bonchev–Trinajstić information content (AvgIpc) is 3.42. The molecule has 6 nitrogen and oxygen atoms in total. The Labute approximate surface area is 253 Å². The van der Waals surface area contributed by atoms with Crippen molar-refractivity contribution in [2.24, 2.45) is 11.0 Å². The first-order valence-electron chi connectivity index (χ1n) is 14.1. The predicted octanol–water partition coefficient (Wildman–Crippen LogP) is 7.94. The molecule has 1 aliphatic carbocycles. The Morgan fingerprint density at radius 2 is 1.59 bits per heavy atom. The second-order valence-electron chi connectivity index (χ2n) is 10.8. The molecule has 6 rings (SSSR count). The first kappa shape index (κ1) is 29.4. The van der Waals surface area contributed by atoms with E-state index in [0.29, 0.717) is 0 Å². The Balaban J connectivity index is 1.34. The number of anilines is 1. The molecule has 0 saturated heterocycles. The van der Waals surface area contributed by atoms with Gasteiger partial charge in [-0.25, -0.2) is 13.4 Å². The molecule has 1 saturated carbocycles. The van der Waals surface area contributed by atoms with Gasteiger partial charge in [0.2, 0.25) is 0 Å². The van der Waals surface area contributed by atoms with Crippen LogP contribution in [0.1, 0.15) is 52.4 Å². The third-order valence-electron chi connectivity index (χ3n) is 7.82. The Hall–Kier alpha value is -4.70. The highest BCUT2D eigenvalue weighted by atomic mass is 32.2. The number of fused-ring (bicyclic) bond motifs is 1. The highest BCUT2D eigenvalue weighted by Crippen LogP contribution is 2.45. The van der Waals surface area contributed by atoms with Crippen molar-refractivity contribution in [3.63, 3.8) is 0 Å². The minimum atomic E-state index is -4.63. The number of amides is 1. The molecule has 2 atom stereocenters. The van der Waals surface area contributed by atoms with Crippen LogP contribution in [0.5, 0.6) is 0 Å². The Morgan fingerprint density at radius 1 is 0.886 bits per heavy atom. The fourth-order valence-electron chi connectivity index (χ4n) is 5.80. The van der Waals surface area contributed by atoms with Gasteiger partial charge in [0.1, 0.15) is 0 Å². The fraction of sp³-hybridized carbons (Fsp3) is 0.176. The molecule has 1 aliphatic heterocycles. The molecule has 10 heteroatoms. The van der Waals surface area contributed by atoms with Gasteiger partial charge in [-0.05, 0) is 78.4 Å². The number of hydrogen-bond acceptors (Lipinski definition) is 4. The molecule has 0 radical (unpaired) electrons. The van der Waals surface area contributed by atoms with Gasteiger partial charge in [-0.3, -0.25) is 9.52 Å². The summed E-state index contributed by atoms with van der Waals surface area (Å²) in [5.41, 5.74) is 2.73. The van der Waals surface area contributed by atoms with Crippen LogP contribution in [0.2, 0.25) is 0 Å². The van der Waals surface area contributed by atoms with Gasteiger partial charge >= 0.3 is 6.18 Å². The Bertz CT molecular complexity index is 1860. The topological polar surface area (TPSA) is 78.8 Å². The van der Waals surface area contributed by atoms with Crippen LogP contribution in [-0.2, 0) is 16.2 Å². The summed E-state index contributed by atoms with van der Waals surface area (Å²) in [6.45, 7) is 0. The van der Waals surface area contributed by atoms with Crippen molar-refractivity contribution in [1.82, 2.24) is 5.01 Å². The number of carbonyl (C=O) groups is 1. The minimum absolute atomic E-state index is 0.0421. The van der Waals surface area contributed by atoms with Crippen molar-refractivity contribution in [2.45, 2.75) is 36.4 Å². The van der Waals surface area contributed by atoms with Crippen LogP contribution in [0.4, 0.5) is 18.9 Å². The van der Waals surface area contributed by atoms with E-state index in [4.69, 9.17) is 5.10 Å². The quantitative estimate of drug-likeness (QED) is 0.239. The molecular weight excluding hydrogens is 587 g/mol. The van der Waals surface area contributed by atoms with Crippen LogP contribution < -0.4 is 4.72 Å². The number of alkyl halides is 3. The van der Waals surface area contributed by atoms with Crippen molar-refractivity contribution in [3.05, 3.63) is 137 Å². The molecule has 44 heavy (non-hydrogen) atoms. The van der Waals surface area contributed by atoms with E-state index in [1.165, 1.54) is 35.3 Å². The number of nitrogens with one attached hydrogen (secondary N) is 1. The van der Waals surface area contributed by atoms with Gasteiger partial charge in [-0.15, -0.1) is 0 Å². The van der Waals surface area contributed by atoms with Crippen molar-refractivity contribution >= 4 is 33.4 Å². The molecule has 0 bridgehead atoms. The lowest BCUT2D eigenvalue weighted by molar-refractivity contribution is -0.137. The van der Waals surface area contributed by atoms with Crippen LogP contribution in [0.15, 0.2) is 125 Å². The maximum Gasteiger partial charge on any atom is 0.416 e. The van der Waals surface area contributed by atoms with Gasteiger partial charge < -0.3 is 0 Å². The first-order chi connectivity index (χ1) is 21.1. The Morgan fingerprint density at radius 3 is 2.32 bits per heavy atom. The number of rotatable bonds is 6. The largest absolute Gasteiger partial charge is 0.416 e. The number of sulfonamides is 1. The highest BCUT2D eigenvalue weighted by molar-refractivity contribution is 7.92. The summed E-state index contributed by atoms with van der Waals surface area (Å²) in [5, 5.41) is 6.32. The van der Waals surface area contributed by atoms with Crippen LogP contribution in [0.25, 0.3) is 6.08 Å². The number of carbonyl (C=O) groups excluding carboxylic acids is 1. The van der Waals surface area contributed by atoms with Crippen LogP contribution in [0, 0.1) is 5.92 Å². The smallest absolute Gasteiger partial charge is 0.280 e. The van der Waals surface area contributed by atoms with Crippen LogP contribution in [-0.4, -0.2) is 25.0 Å². The number of halogens is 3. The van der Waals surface area contributed by atoms with Crippen molar-refractivity contribution in [2.75, 3.05) is 4.72 Å². The summed E-state index contributed by atoms with van der Waals surface area (Å²) in [5.74, 6) is -0.518. The molecule has 1 amide bonds. The average molecular weight is 616 g/mol. The molecule has 0 spiro atoms. The zero-order chi connectivity index (χ0) is 30.9. The second-order valence-corrected chi connectivity index (χ2v) is 12.5. The zero-order valence-corrected chi connectivity index (χ0v) is 24.2. The molecule has 0 unspecified atom stereocenters. The van der Waals surface area contributed by atoms with E-state index < -0.39 is 27.7 Å². The maximum atomic E-state index is 14.1. The standard InChI is InChI=1S/C34H28F3N3O3S/c35-34(36,37)27-16-9-17-28(22-27)39-44(42,43)29-18-7-15-26(21-29)33(41)40-32(24-12-5-2-6-13-24)30-19-8-14-25(31(30)38-40)20-23-10-3-1-4-11-23/h1-7,9-13,15-18,20-22,30,32,39H,8,14,19H2/b25-20-/t30-,32-/m0/s1. The van der Waals surface area contributed by atoms with Crippen LogP contribution >= 0.6 is 0 Å². The van der Waals surface area contributed by atoms with Crippen molar-refractivity contribution < 1.29 is 26.4 Å². The predicted molar refractivity (Wildman–Crippen MR) is 163 cm³/mol. The molecule has 0 aromatic heterocycles. The summed E-state index contributed by atoms with van der Waals surface area (Å²) >= 11 is 0. The van der Waals surface area contributed by atoms with Gasteiger partial charge in [-0.1, -0.05) is 72.8 Å². The SMILES string of the molecule is O=C(c1cccc(S(=O)(=O)Nc2cccc(C(F)(F)F)c2)c1)N1N=C2/C(=C\c3ccccc3)CCC[C@@H]2[C@@H]1c1ccccc1. The third kappa shape index (κ3) is 6.03. The fourth-order valence-corrected chi connectivity index (χ4v) is 6.90. The maximum absolute atomic E-state index is 14.1. The lowest BCUT2D eigenvalue weighted by Gasteiger charge is -2.29. The van der Waals surface area contributed by atoms with Gasteiger partial charge in [-0.2, -0.15) is 18.3 Å². The summed E-state index contributed by atoms with van der Waals surface area (Å²) in [6, 6.07) is 28.6. The number of allylic oxidation sites excluding steroid dienone is 1. The molecular formula is C34H28F3N3O3S. The van der Waals surface area contributed by atoms with Crippen molar-refractivity contribution in [3.8, 4) is 0 Å². The number of hydrogen-bond donors (Lipinski definition) is 1. The summed E-state index contributed by atoms with van der Waals surface area (Å²) in [4.78, 5) is 13.8. The highest BCUT2D eigenvalue weighted by Gasteiger charge is 2.44. The normalized spacial score (nSPS) is 19.4. The lowest BCUT2D eigenvalue weighted by atomic mass is 9.77. The molecule has 1 N–H and O–H groups in total. The van der Waals surface area contributed by atoms with E-state index in [2.05, 4.69) is 10.8 Å². The van der Waals surface area contributed by atoms with Gasteiger partial charge in [0.25, 0.3) is 15.9 Å². The van der Waals surface area contributed by atoms with E-state index in [0.717, 1.165) is 59.9 Å². The Kier molecular flexibility index (Phi) is 7.85. The van der Waals surface area contributed by atoms with Gasteiger partial charge in [0.15, 0.2) is 0 Å². The first-order valence-corrected chi connectivity index (χ1v) is 15.6. The molecule has 2 aliphatic rings. The number of nitrogens with zero attached hydrogens (tertiary/aromatic N) is 2. The van der Waals surface area contributed by atoms with E-state index >= 15 is 0 Å². The number of hydrazone groups is 1. The van der Waals surface area contributed by atoms with Gasteiger partial charge in [0.05, 0.1) is 22.2 Å². The second kappa shape index (κ2) is 11.8. The summed E-state index contributed by atoms with van der Waals surface area (Å²) in [7, 11) is -4.32. The monoisotopic (exact) mass is 615 g/mol. The molecule has 1 heterocycles. The van der Waals surface area contributed by atoms with E-state index in [1.54, 1.807) is 0 Å². The third-order valence-corrected chi connectivity index (χ3v) is 9.20. The van der Waals surface area contributed by atoms with E-state index in [-0.39, 0.29) is 28.1 Å². The molecule has 1 fully saturated rings. The summed E-state index contributed by atoms with van der Waals surface area (Å²) < 4.78 is 68.2. The molecule has 4 aromatic rings. The van der Waals surface area contributed by atoms with E-state index in [9.17, 15) is 26.4 Å². The van der Waals surface area contributed by atoms with Crippen LogP contribution in [0.3, 0.4) is 0 Å². The summed E-state index contributed by atoms with van der Waals surface area (Å²) in [6.07, 6.45) is 0.0658. The van der Waals surface area contributed by atoms with E-state index in [1.807, 2.05) is 60.7 Å². The van der Waals surface area contributed by atoms with Gasteiger partial charge in [0, 0.05) is 17.2 Å². The number of benzene rings is 4. The lowest BCUT2D eigenvalue weighted by Crippen LogP contribution is -2.32. The zero-order valence-electron chi connectivity index (χ0n) is 23.4. The molecule has 224 valence electrons. The molecule has 4 aromatic carbocycles.